The van der Waals surface area contributed by atoms with Crippen molar-refractivity contribution in [2.45, 2.75) is 25.4 Å². The highest BCUT2D eigenvalue weighted by atomic mass is 35.5. The lowest BCUT2D eigenvalue weighted by molar-refractivity contribution is -0.145. The Labute approximate surface area is 132 Å². The first-order valence-corrected chi connectivity index (χ1v) is 7.48. The van der Waals surface area contributed by atoms with Gasteiger partial charge in [-0.15, -0.1) is 0 Å². The van der Waals surface area contributed by atoms with Crippen LogP contribution in [0.2, 0.25) is 5.02 Å². The van der Waals surface area contributed by atoms with Crippen LogP contribution >= 0.6 is 11.6 Å². The summed E-state index contributed by atoms with van der Waals surface area (Å²) in [5.74, 6) is -1.79. The Bertz CT molecular complexity index is 686. The summed E-state index contributed by atoms with van der Waals surface area (Å²) in [4.78, 5) is 25.0. The van der Waals surface area contributed by atoms with E-state index in [4.69, 9.17) is 21.1 Å². The topological polar surface area (TPSA) is 72.8 Å². The molecule has 1 aromatic rings. The van der Waals surface area contributed by atoms with E-state index in [0.29, 0.717) is 35.6 Å². The Morgan fingerprint density at radius 3 is 2.91 bits per heavy atom. The molecule has 2 aliphatic rings. The first-order chi connectivity index (χ1) is 10.5. The summed E-state index contributed by atoms with van der Waals surface area (Å²) < 4.78 is 10.6. The maximum atomic E-state index is 12.8. The number of hydrogen-bond acceptors (Lipinski definition) is 5. The minimum absolute atomic E-state index is 0.110. The quantitative estimate of drug-likeness (QED) is 0.669. The predicted octanol–water partition coefficient (Wildman–Crippen LogP) is 2.76. The summed E-state index contributed by atoms with van der Waals surface area (Å²) in [5, 5.41) is 10.8. The van der Waals surface area contributed by atoms with Crippen molar-refractivity contribution >= 4 is 29.1 Å². The third kappa shape index (κ3) is 2.04. The summed E-state index contributed by atoms with van der Waals surface area (Å²) in [6.45, 7) is 2.17. The number of esters is 1. The minimum Gasteiger partial charge on any atom is -0.506 e. The molecular formula is C16H15ClO5. The zero-order valence-corrected chi connectivity index (χ0v) is 12.8. The Morgan fingerprint density at radius 1 is 1.50 bits per heavy atom. The second-order valence-corrected chi connectivity index (χ2v) is 5.68. The molecule has 1 saturated heterocycles. The minimum atomic E-state index is -1.23. The summed E-state index contributed by atoms with van der Waals surface area (Å²) in [5.41, 5.74) is -0.700. The zero-order chi connectivity index (χ0) is 15.9. The molecule has 3 rings (SSSR count). The molecule has 1 aliphatic heterocycles. The average Bonchev–Trinajstić information content (AvgIpc) is 2.96. The summed E-state index contributed by atoms with van der Waals surface area (Å²) in [6, 6.07) is 4.83. The molecule has 5 nitrogen and oxygen atoms in total. The Kier molecular flexibility index (Phi) is 3.70. The maximum absolute atomic E-state index is 12.8. The van der Waals surface area contributed by atoms with Crippen LogP contribution in [-0.4, -0.2) is 30.1 Å². The van der Waals surface area contributed by atoms with E-state index in [1.165, 1.54) is 6.07 Å². The molecule has 1 atom stereocenters. The van der Waals surface area contributed by atoms with Crippen LogP contribution in [0.1, 0.15) is 30.9 Å². The van der Waals surface area contributed by atoms with Gasteiger partial charge in [0.05, 0.1) is 6.61 Å². The van der Waals surface area contributed by atoms with Crippen LogP contribution in [0.25, 0.3) is 5.76 Å². The number of Topliss-reactive ketones (excluding diaryl/α,β-unsaturated/α-hetero) is 1. The van der Waals surface area contributed by atoms with Crippen molar-refractivity contribution in [2.24, 2.45) is 0 Å². The van der Waals surface area contributed by atoms with Crippen LogP contribution in [-0.2, 0) is 24.7 Å². The molecule has 1 spiro atoms. The molecule has 116 valence electrons. The lowest BCUT2D eigenvalue weighted by atomic mass is 9.75. The normalized spacial score (nSPS) is 23.8. The lowest BCUT2D eigenvalue weighted by Gasteiger charge is -2.33. The number of halogens is 1. The van der Waals surface area contributed by atoms with Crippen molar-refractivity contribution < 1.29 is 24.2 Å². The molecule has 6 heteroatoms. The van der Waals surface area contributed by atoms with Gasteiger partial charge in [0.2, 0.25) is 5.78 Å². The standard InChI is InChI=1S/C16H15ClO5/c1-2-21-15(20)12-13(18)10-8-9(17)4-5-11(10)16(14(12)19)6-3-7-22-16/h4-5,8,18H,2-3,6-7H2,1H3. The van der Waals surface area contributed by atoms with E-state index in [9.17, 15) is 14.7 Å². The number of benzene rings is 1. The molecule has 0 radical (unpaired) electrons. The molecular weight excluding hydrogens is 308 g/mol. The Balaban J connectivity index is 2.25. The molecule has 1 N–H and O–H groups in total. The monoisotopic (exact) mass is 322 g/mol. The van der Waals surface area contributed by atoms with E-state index in [1.54, 1.807) is 19.1 Å². The largest absolute Gasteiger partial charge is 0.506 e. The van der Waals surface area contributed by atoms with Gasteiger partial charge in [0.15, 0.2) is 5.60 Å². The van der Waals surface area contributed by atoms with Gasteiger partial charge in [0, 0.05) is 22.8 Å². The summed E-state index contributed by atoms with van der Waals surface area (Å²) in [7, 11) is 0. The maximum Gasteiger partial charge on any atom is 0.345 e. The van der Waals surface area contributed by atoms with Crippen molar-refractivity contribution in [3.63, 3.8) is 0 Å². The second kappa shape index (κ2) is 5.41. The molecule has 1 unspecified atom stereocenters. The molecule has 1 aromatic carbocycles. The van der Waals surface area contributed by atoms with Gasteiger partial charge in [0.25, 0.3) is 0 Å². The van der Waals surface area contributed by atoms with Gasteiger partial charge in [-0.25, -0.2) is 4.79 Å². The lowest BCUT2D eigenvalue weighted by Crippen LogP contribution is -2.42. The third-order valence-electron chi connectivity index (χ3n) is 4.00. The van der Waals surface area contributed by atoms with Crippen LogP contribution in [0, 0.1) is 0 Å². The molecule has 1 fully saturated rings. The highest BCUT2D eigenvalue weighted by Crippen LogP contribution is 2.46. The number of carbonyl (C=O) groups excluding carboxylic acids is 2. The average molecular weight is 323 g/mol. The predicted molar refractivity (Wildman–Crippen MR) is 79.5 cm³/mol. The third-order valence-corrected chi connectivity index (χ3v) is 4.24. The Hall–Kier alpha value is -1.85. The zero-order valence-electron chi connectivity index (χ0n) is 12.0. The molecule has 0 aromatic heterocycles. The van der Waals surface area contributed by atoms with Crippen LogP contribution in [0.15, 0.2) is 23.8 Å². The van der Waals surface area contributed by atoms with Crippen LogP contribution in [0.3, 0.4) is 0 Å². The molecule has 0 amide bonds. The van der Waals surface area contributed by atoms with Crippen LogP contribution in [0.5, 0.6) is 0 Å². The number of aliphatic hydroxyl groups is 1. The Morgan fingerprint density at radius 2 is 2.27 bits per heavy atom. The van der Waals surface area contributed by atoms with Crippen molar-refractivity contribution in [1.82, 2.24) is 0 Å². The molecule has 0 bridgehead atoms. The molecule has 0 saturated carbocycles. The van der Waals surface area contributed by atoms with Crippen molar-refractivity contribution in [3.05, 3.63) is 39.9 Å². The van der Waals surface area contributed by atoms with Gasteiger partial charge in [-0.05, 0) is 31.9 Å². The smallest absolute Gasteiger partial charge is 0.345 e. The van der Waals surface area contributed by atoms with E-state index >= 15 is 0 Å². The van der Waals surface area contributed by atoms with E-state index in [-0.39, 0.29) is 12.2 Å². The number of rotatable bonds is 2. The highest BCUT2D eigenvalue weighted by Gasteiger charge is 2.52. The number of ketones is 1. The van der Waals surface area contributed by atoms with E-state index in [1.807, 2.05) is 0 Å². The van der Waals surface area contributed by atoms with E-state index < -0.39 is 23.1 Å². The summed E-state index contributed by atoms with van der Waals surface area (Å²) in [6.07, 6.45) is 1.15. The van der Waals surface area contributed by atoms with Crippen LogP contribution < -0.4 is 0 Å². The van der Waals surface area contributed by atoms with Crippen molar-refractivity contribution in [3.8, 4) is 0 Å². The van der Waals surface area contributed by atoms with E-state index in [0.717, 1.165) is 0 Å². The molecule has 22 heavy (non-hydrogen) atoms. The van der Waals surface area contributed by atoms with Gasteiger partial charge in [-0.2, -0.15) is 0 Å². The van der Waals surface area contributed by atoms with Crippen LogP contribution in [0.4, 0.5) is 0 Å². The fraction of sp³-hybridized carbons (Fsp3) is 0.375. The van der Waals surface area contributed by atoms with Gasteiger partial charge < -0.3 is 14.6 Å². The van der Waals surface area contributed by atoms with Gasteiger partial charge in [-0.1, -0.05) is 17.7 Å². The first kappa shape index (κ1) is 15.1. The van der Waals surface area contributed by atoms with Gasteiger partial charge >= 0.3 is 5.97 Å². The highest BCUT2D eigenvalue weighted by molar-refractivity contribution is 6.31. The molecule has 1 heterocycles. The second-order valence-electron chi connectivity index (χ2n) is 5.24. The van der Waals surface area contributed by atoms with Crippen molar-refractivity contribution in [2.75, 3.05) is 13.2 Å². The number of fused-ring (bicyclic) bond motifs is 2. The number of ether oxygens (including phenoxy) is 2. The summed E-state index contributed by atoms with van der Waals surface area (Å²) >= 11 is 5.99. The first-order valence-electron chi connectivity index (χ1n) is 7.11. The van der Waals surface area contributed by atoms with Crippen molar-refractivity contribution in [1.29, 1.82) is 0 Å². The fourth-order valence-corrected chi connectivity index (χ4v) is 3.23. The van der Waals surface area contributed by atoms with Gasteiger partial charge in [0.1, 0.15) is 11.3 Å². The van der Waals surface area contributed by atoms with Gasteiger partial charge in [-0.3, -0.25) is 4.79 Å². The SMILES string of the molecule is CCOC(=O)C1=C(O)c2cc(Cl)ccc2C2(CCCO2)C1=O. The van der Waals surface area contributed by atoms with E-state index in [2.05, 4.69) is 0 Å². The number of hydrogen-bond donors (Lipinski definition) is 1. The number of aliphatic hydroxyl groups excluding tert-OH is 1. The number of carbonyl (C=O) groups is 2. The fourth-order valence-electron chi connectivity index (χ4n) is 3.05. The molecule has 1 aliphatic carbocycles.